The first-order chi connectivity index (χ1) is 11.7. The van der Waals surface area contributed by atoms with Crippen LogP contribution >= 0.6 is 0 Å². The van der Waals surface area contributed by atoms with Crippen molar-refractivity contribution in [3.63, 3.8) is 0 Å². The summed E-state index contributed by atoms with van der Waals surface area (Å²) in [4.78, 5) is 4.37. The second-order valence-corrected chi connectivity index (χ2v) is 5.54. The molecule has 0 amide bonds. The van der Waals surface area contributed by atoms with Gasteiger partial charge in [0.15, 0.2) is 5.75 Å². The highest BCUT2D eigenvalue weighted by molar-refractivity contribution is 5.87. The Morgan fingerprint density at radius 2 is 2.04 bits per heavy atom. The maximum atomic E-state index is 13.7. The molecule has 4 nitrogen and oxygen atoms in total. The number of nitriles is 1. The van der Waals surface area contributed by atoms with Gasteiger partial charge in [-0.15, -0.1) is 0 Å². The molecule has 1 atom stereocenters. The fourth-order valence-electron chi connectivity index (χ4n) is 3.08. The second kappa shape index (κ2) is 5.36. The molecule has 0 bridgehead atoms. The molecule has 2 aromatic carbocycles. The van der Waals surface area contributed by atoms with Crippen molar-refractivity contribution in [1.29, 1.82) is 5.26 Å². The number of allylic oxidation sites excluding steroid dienone is 1. The number of pyridine rings is 1. The zero-order valence-corrected chi connectivity index (χ0v) is 12.5. The van der Waals surface area contributed by atoms with Gasteiger partial charge in [0.05, 0.1) is 5.92 Å². The fraction of sp³-hybridized carbons (Fsp3) is 0.0526. The minimum absolute atomic E-state index is 0.0254. The quantitative estimate of drug-likeness (QED) is 0.744. The van der Waals surface area contributed by atoms with Crippen molar-refractivity contribution in [2.75, 3.05) is 0 Å². The number of rotatable bonds is 1. The van der Waals surface area contributed by atoms with Gasteiger partial charge in [-0.3, -0.25) is 4.98 Å². The maximum Gasteiger partial charge on any atom is 0.205 e. The van der Waals surface area contributed by atoms with Crippen molar-refractivity contribution < 1.29 is 9.13 Å². The van der Waals surface area contributed by atoms with E-state index < -0.39 is 5.92 Å². The van der Waals surface area contributed by atoms with Gasteiger partial charge in [-0.05, 0) is 23.8 Å². The lowest BCUT2D eigenvalue weighted by atomic mass is 9.83. The van der Waals surface area contributed by atoms with E-state index in [-0.39, 0.29) is 17.3 Å². The van der Waals surface area contributed by atoms with Gasteiger partial charge in [0.25, 0.3) is 0 Å². The molecule has 1 aromatic heterocycles. The summed E-state index contributed by atoms with van der Waals surface area (Å²) in [6.07, 6.45) is 1.67. The molecule has 0 spiro atoms. The van der Waals surface area contributed by atoms with Crippen LogP contribution in [0.25, 0.3) is 10.9 Å². The van der Waals surface area contributed by atoms with Crippen LogP contribution in [-0.2, 0) is 0 Å². The van der Waals surface area contributed by atoms with Crippen molar-refractivity contribution in [2.24, 2.45) is 5.73 Å². The Kier molecular flexibility index (Phi) is 3.17. The largest absolute Gasteiger partial charge is 0.438 e. The smallest absolute Gasteiger partial charge is 0.205 e. The Balaban J connectivity index is 2.02. The van der Waals surface area contributed by atoms with Gasteiger partial charge < -0.3 is 10.5 Å². The van der Waals surface area contributed by atoms with Crippen molar-refractivity contribution in [3.8, 4) is 11.8 Å². The van der Waals surface area contributed by atoms with Crippen LogP contribution in [0.5, 0.6) is 5.75 Å². The minimum Gasteiger partial charge on any atom is -0.438 e. The van der Waals surface area contributed by atoms with Crippen molar-refractivity contribution >= 4 is 10.9 Å². The second-order valence-electron chi connectivity index (χ2n) is 5.54. The van der Waals surface area contributed by atoms with Crippen molar-refractivity contribution in [3.05, 3.63) is 83.1 Å². The minimum atomic E-state index is -0.485. The van der Waals surface area contributed by atoms with E-state index in [9.17, 15) is 9.65 Å². The Bertz CT molecular complexity index is 1040. The number of nitrogens with two attached hydrogens (primary N) is 1. The average Bonchev–Trinajstić information content (AvgIpc) is 2.60. The van der Waals surface area contributed by atoms with Crippen molar-refractivity contribution in [2.45, 2.75) is 5.92 Å². The van der Waals surface area contributed by atoms with Crippen LogP contribution in [0.2, 0.25) is 0 Å². The molecule has 0 aliphatic carbocycles. The maximum absolute atomic E-state index is 13.7. The van der Waals surface area contributed by atoms with Crippen molar-refractivity contribution in [1.82, 2.24) is 4.98 Å². The summed E-state index contributed by atoms with van der Waals surface area (Å²) in [5.41, 5.74) is 8.30. The van der Waals surface area contributed by atoms with E-state index in [0.29, 0.717) is 16.8 Å². The van der Waals surface area contributed by atoms with Gasteiger partial charge in [-0.2, -0.15) is 5.26 Å². The summed E-state index contributed by atoms with van der Waals surface area (Å²) < 4.78 is 19.4. The van der Waals surface area contributed by atoms with Crippen LogP contribution in [0.1, 0.15) is 17.0 Å². The first-order valence-electron chi connectivity index (χ1n) is 7.39. The number of hydrogen-bond donors (Lipinski definition) is 1. The number of halogens is 1. The highest BCUT2D eigenvalue weighted by Crippen LogP contribution is 2.44. The van der Waals surface area contributed by atoms with Gasteiger partial charge in [0, 0.05) is 17.1 Å². The van der Waals surface area contributed by atoms with Gasteiger partial charge in [-0.1, -0.05) is 30.3 Å². The number of fused-ring (bicyclic) bond motifs is 3. The van der Waals surface area contributed by atoms with Crippen LogP contribution in [0.4, 0.5) is 4.39 Å². The van der Waals surface area contributed by atoms with Gasteiger partial charge in [0.2, 0.25) is 5.88 Å². The van der Waals surface area contributed by atoms with Gasteiger partial charge in [0.1, 0.15) is 23.0 Å². The predicted octanol–water partition coefficient (Wildman–Crippen LogP) is 3.59. The summed E-state index contributed by atoms with van der Waals surface area (Å²) in [7, 11) is 0. The zero-order valence-electron chi connectivity index (χ0n) is 12.5. The Morgan fingerprint density at radius 1 is 1.17 bits per heavy atom. The number of benzene rings is 2. The van der Waals surface area contributed by atoms with E-state index in [2.05, 4.69) is 11.1 Å². The topological polar surface area (TPSA) is 71.9 Å². The average molecular weight is 317 g/mol. The number of ether oxygens (including phenoxy) is 1. The zero-order chi connectivity index (χ0) is 16.7. The number of aromatic nitrogens is 1. The summed E-state index contributed by atoms with van der Waals surface area (Å²) in [5, 5.41) is 10.4. The molecule has 24 heavy (non-hydrogen) atoms. The van der Waals surface area contributed by atoms with Gasteiger partial charge >= 0.3 is 0 Å². The molecule has 0 fully saturated rings. The Hall–Kier alpha value is -3.39. The summed E-state index contributed by atoms with van der Waals surface area (Å²) in [6, 6.07) is 15.8. The molecule has 0 radical (unpaired) electrons. The van der Waals surface area contributed by atoms with Crippen LogP contribution in [0.3, 0.4) is 0 Å². The molecular weight excluding hydrogens is 305 g/mol. The first-order valence-corrected chi connectivity index (χ1v) is 7.39. The first kappa shape index (κ1) is 14.2. The fourth-order valence-corrected chi connectivity index (χ4v) is 3.08. The molecule has 2 heterocycles. The van der Waals surface area contributed by atoms with E-state index in [1.807, 2.05) is 24.3 Å². The number of nitrogens with zero attached hydrogens (tertiary/aromatic N) is 2. The molecule has 0 saturated heterocycles. The highest BCUT2D eigenvalue weighted by atomic mass is 19.1. The third kappa shape index (κ3) is 2.09. The summed E-state index contributed by atoms with van der Waals surface area (Å²) in [6.45, 7) is 0. The molecule has 1 aliphatic heterocycles. The molecule has 3 aromatic rings. The van der Waals surface area contributed by atoms with Crippen LogP contribution in [-0.4, -0.2) is 4.98 Å². The summed E-state index contributed by atoms with van der Waals surface area (Å²) >= 11 is 0. The molecule has 0 saturated carbocycles. The molecular formula is C19H12FN3O. The lowest BCUT2D eigenvalue weighted by Crippen LogP contribution is -2.21. The molecule has 1 aliphatic rings. The standard InChI is InChI=1S/C19H12FN3O/c20-13-5-1-3-12(9-13)16-14-7-6-11-4-2-8-23-17(11)18(14)24-19(22)15(16)10-21/h1-9,16H,22H2. The Labute approximate surface area is 137 Å². The Morgan fingerprint density at radius 3 is 2.83 bits per heavy atom. The molecule has 2 N–H and O–H groups in total. The molecule has 5 heteroatoms. The molecule has 116 valence electrons. The van der Waals surface area contributed by atoms with Crippen LogP contribution in [0.15, 0.2) is 66.2 Å². The van der Waals surface area contributed by atoms with E-state index >= 15 is 0 Å². The van der Waals surface area contributed by atoms with Gasteiger partial charge in [-0.25, -0.2) is 4.39 Å². The van der Waals surface area contributed by atoms with E-state index in [0.717, 1.165) is 10.9 Å². The SMILES string of the molecule is N#CC1=C(N)Oc2c(ccc3cccnc23)C1c1cccc(F)c1. The normalized spacial score (nSPS) is 16.4. The third-order valence-corrected chi connectivity index (χ3v) is 4.14. The van der Waals surface area contributed by atoms with E-state index in [1.165, 1.54) is 12.1 Å². The molecule has 4 rings (SSSR count). The van der Waals surface area contributed by atoms with Crippen LogP contribution in [0, 0.1) is 17.1 Å². The molecule has 1 unspecified atom stereocenters. The van der Waals surface area contributed by atoms with E-state index in [4.69, 9.17) is 10.5 Å². The lowest BCUT2D eigenvalue weighted by Gasteiger charge is -2.27. The highest BCUT2D eigenvalue weighted by Gasteiger charge is 2.32. The predicted molar refractivity (Wildman–Crippen MR) is 87.4 cm³/mol. The van der Waals surface area contributed by atoms with Crippen LogP contribution < -0.4 is 10.5 Å². The van der Waals surface area contributed by atoms with E-state index in [1.54, 1.807) is 18.3 Å². The third-order valence-electron chi connectivity index (χ3n) is 4.14. The number of hydrogen-bond acceptors (Lipinski definition) is 4. The monoisotopic (exact) mass is 317 g/mol. The summed E-state index contributed by atoms with van der Waals surface area (Å²) in [5.74, 6) is -0.313. The lowest BCUT2D eigenvalue weighted by molar-refractivity contribution is 0.397.